The van der Waals surface area contributed by atoms with Crippen LogP contribution in [0.15, 0.2) is 40.9 Å². The second-order valence-electron chi connectivity index (χ2n) is 7.35. The first-order chi connectivity index (χ1) is 14.1. The normalized spacial score (nSPS) is 16.6. The molecule has 0 saturated carbocycles. The molecule has 7 heteroatoms. The van der Waals surface area contributed by atoms with Crippen LogP contribution in [0.1, 0.15) is 19.3 Å². The third-order valence-corrected chi connectivity index (χ3v) is 5.69. The summed E-state index contributed by atoms with van der Waals surface area (Å²) < 4.78 is 28.9. The summed E-state index contributed by atoms with van der Waals surface area (Å²) in [7, 11) is 1.86. The van der Waals surface area contributed by atoms with Crippen molar-refractivity contribution in [3.63, 3.8) is 0 Å². The number of fused-ring (bicyclic) bond motifs is 1. The second-order valence-corrected chi connectivity index (χ2v) is 8.26. The maximum Gasteiger partial charge on any atom is 0.136 e. The molecule has 1 aromatic heterocycles. The molecule has 1 saturated heterocycles. The van der Waals surface area contributed by atoms with Crippen molar-refractivity contribution in [3.05, 3.63) is 46.7 Å². The predicted molar refractivity (Wildman–Crippen MR) is 116 cm³/mol. The zero-order valence-electron chi connectivity index (χ0n) is 16.5. The Kier molecular flexibility index (Phi) is 6.47. The van der Waals surface area contributed by atoms with E-state index in [0.717, 1.165) is 34.9 Å². The third kappa shape index (κ3) is 4.79. The first kappa shape index (κ1) is 20.3. The molecule has 2 aromatic carbocycles. The maximum atomic E-state index is 14.8. The number of hydrogen-bond donors (Lipinski definition) is 1. The van der Waals surface area contributed by atoms with Gasteiger partial charge in [-0.3, -0.25) is 4.68 Å². The smallest absolute Gasteiger partial charge is 0.136 e. The van der Waals surface area contributed by atoms with Crippen LogP contribution in [0.2, 0.25) is 0 Å². The fourth-order valence-electron chi connectivity index (χ4n) is 3.68. The molecular weight excluding hydrogens is 437 g/mol. The molecule has 5 nitrogen and oxygen atoms in total. The molecule has 1 N–H and O–H groups in total. The number of ether oxygens (including phenoxy) is 2. The summed E-state index contributed by atoms with van der Waals surface area (Å²) in [6.07, 6.45) is 3.19. The van der Waals surface area contributed by atoms with Crippen LogP contribution in [0.5, 0.6) is 5.75 Å². The van der Waals surface area contributed by atoms with Crippen LogP contribution >= 0.6 is 15.9 Å². The van der Waals surface area contributed by atoms with Gasteiger partial charge in [-0.15, -0.1) is 0 Å². The van der Waals surface area contributed by atoms with Gasteiger partial charge in [-0.05, 0) is 49.7 Å². The summed E-state index contributed by atoms with van der Waals surface area (Å²) in [5, 5.41) is 8.83. The van der Waals surface area contributed by atoms with Gasteiger partial charge in [0, 0.05) is 47.6 Å². The fourth-order valence-corrected chi connectivity index (χ4v) is 4.03. The molecule has 29 heavy (non-hydrogen) atoms. The Labute approximate surface area is 178 Å². The number of nitrogens with one attached hydrogen (secondary N) is 1. The summed E-state index contributed by atoms with van der Waals surface area (Å²) in [4.78, 5) is 0. The van der Waals surface area contributed by atoms with Gasteiger partial charge in [0.05, 0.1) is 18.7 Å². The number of rotatable bonds is 8. The monoisotopic (exact) mass is 461 g/mol. The van der Waals surface area contributed by atoms with E-state index in [1.807, 2.05) is 25.2 Å². The first-order valence-electron chi connectivity index (χ1n) is 9.98. The minimum atomic E-state index is -0.339. The highest BCUT2D eigenvalue weighted by atomic mass is 79.9. The molecule has 2 heterocycles. The summed E-state index contributed by atoms with van der Waals surface area (Å²) >= 11 is 3.47. The van der Waals surface area contributed by atoms with Crippen molar-refractivity contribution in [2.45, 2.75) is 25.3 Å². The Balaban J connectivity index is 1.35. The predicted octanol–water partition coefficient (Wildman–Crippen LogP) is 4.68. The quantitative estimate of drug-likeness (QED) is 0.494. The van der Waals surface area contributed by atoms with E-state index in [9.17, 15) is 4.39 Å². The van der Waals surface area contributed by atoms with Crippen LogP contribution in [0.4, 0.5) is 4.39 Å². The van der Waals surface area contributed by atoms with Crippen LogP contribution in [-0.4, -0.2) is 42.2 Å². The van der Waals surface area contributed by atoms with E-state index < -0.39 is 0 Å². The van der Waals surface area contributed by atoms with E-state index in [1.54, 1.807) is 16.8 Å². The molecule has 0 amide bonds. The summed E-state index contributed by atoms with van der Waals surface area (Å²) in [6, 6.07) is 11.3. The minimum Gasteiger partial charge on any atom is -0.493 e. The van der Waals surface area contributed by atoms with E-state index in [0.29, 0.717) is 36.3 Å². The Morgan fingerprint density at radius 3 is 2.93 bits per heavy atom. The standard InChI is InChI=1S/C22H25BrFN3O2/c1-27-21-12-15(23)5-7-19(21)22(26-27)18-8-6-17(13-20(18)24)29-11-3-10-28-14-16-4-2-9-25-16/h5-8,12-13,16,25H,2-4,9-11,14H2,1H3/t16-/m1/s1. The summed E-state index contributed by atoms with van der Waals surface area (Å²) in [5.74, 6) is 0.181. The summed E-state index contributed by atoms with van der Waals surface area (Å²) in [6.45, 7) is 2.98. The molecule has 0 aliphatic carbocycles. The average Bonchev–Trinajstić information content (AvgIpc) is 3.33. The number of benzene rings is 2. The van der Waals surface area contributed by atoms with E-state index in [-0.39, 0.29) is 5.82 Å². The Bertz CT molecular complexity index is 986. The molecule has 1 aliphatic rings. The number of aromatic nitrogens is 2. The maximum absolute atomic E-state index is 14.8. The van der Waals surface area contributed by atoms with Crippen LogP contribution in [0.25, 0.3) is 22.2 Å². The third-order valence-electron chi connectivity index (χ3n) is 5.19. The molecule has 0 unspecified atom stereocenters. The Morgan fingerprint density at radius 1 is 1.24 bits per heavy atom. The van der Waals surface area contributed by atoms with Gasteiger partial charge in [-0.2, -0.15) is 5.10 Å². The molecule has 1 aliphatic heterocycles. The van der Waals surface area contributed by atoms with Gasteiger partial charge in [-0.25, -0.2) is 4.39 Å². The van der Waals surface area contributed by atoms with Crippen LogP contribution in [0.3, 0.4) is 0 Å². The van der Waals surface area contributed by atoms with Gasteiger partial charge in [-0.1, -0.05) is 15.9 Å². The molecule has 0 bridgehead atoms. The van der Waals surface area contributed by atoms with Crippen molar-refractivity contribution < 1.29 is 13.9 Å². The average molecular weight is 462 g/mol. The largest absolute Gasteiger partial charge is 0.493 e. The van der Waals surface area contributed by atoms with Gasteiger partial charge in [0.25, 0.3) is 0 Å². The molecule has 4 rings (SSSR count). The molecule has 3 aromatic rings. The van der Waals surface area contributed by atoms with Gasteiger partial charge >= 0.3 is 0 Å². The van der Waals surface area contributed by atoms with Crippen molar-refractivity contribution in [1.82, 2.24) is 15.1 Å². The highest BCUT2D eigenvalue weighted by Crippen LogP contribution is 2.32. The lowest BCUT2D eigenvalue weighted by Gasteiger charge is -2.11. The highest BCUT2D eigenvalue weighted by molar-refractivity contribution is 9.10. The van der Waals surface area contributed by atoms with E-state index >= 15 is 0 Å². The van der Waals surface area contributed by atoms with Crippen molar-refractivity contribution in [3.8, 4) is 17.0 Å². The summed E-state index contributed by atoms with van der Waals surface area (Å²) in [5.41, 5.74) is 2.05. The molecule has 1 atom stereocenters. The minimum absolute atomic E-state index is 0.339. The number of aryl methyl sites for hydroxylation is 1. The van der Waals surface area contributed by atoms with Crippen molar-refractivity contribution in [2.75, 3.05) is 26.4 Å². The highest BCUT2D eigenvalue weighted by Gasteiger charge is 2.16. The molecular formula is C22H25BrFN3O2. The van der Waals surface area contributed by atoms with E-state index in [1.165, 1.54) is 18.9 Å². The topological polar surface area (TPSA) is 48.3 Å². The van der Waals surface area contributed by atoms with Gasteiger partial charge in [0.1, 0.15) is 17.3 Å². The van der Waals surface area contributed by atoms with E-state index in [4.69, 9.17) is 9.47 Å². The van der Waals surface area contributed by atoms with Crippen LogP contribution < -0.4 is 10.1 Å². The van der Waals surface area contributed by atoms with Gasteiger partial charge < -0.3 is 14.8 Å². The lowest BCUT2D eigenvalue weighted by molar-refractivity contribution is 0.104. The zero-order valence-corrected chi connectivity index (χ0v) is 18.0. The zero-order chi connectivity index (χ0) is 20.2. The van der Waals surface area contributed by atoms with Crippen molar-refractivity contribution in [2.24, 2.45) is 7.05 Å². The fraction of sp³-hybridized carbons (Fsp3) is 0.409. The number of halogens is 2. The van der Waals surface area contributed by atoms with Crippen LogP contribution in [-0.2, 0) is 11.8 Å². The van der Waals surface area contributed by atoms with Gasteiger partial charge in [0.15, 0.2) is 0 Å². The molecule has 1 fully saturated rings. The van der Waals surface area contributed by atoms with Crippen molar-refractivity contribution >= 4 is 26.8 Å². The Hall–Kier alpha value is -1.96. The van der Waals surface area contributed by atoms with E-state index in [2.05, 4.69) is 26.3 Å². The molecule has 0 spiro atoms. The Morgan fingerprint density at radius 2 is 2.14 bits per heavy atom. The van der Waals surface area contributed by atoms with Gasteiger partial charge in [0.2, 0.25) is 0 Å². The lowest BCUT2D eigenvalue weighted by Crippen LogP contribution is -2.27. The number of nitrogens with zero attached hydrogens (tertiary/aromatic N) is 2. The second kappa shape index (κ2) is 9.24. The molecule has 154 valence electrons. The molecule has 0 radical (unpaired) electrons. The lowest BCUT2D eigenvalue weighted by atomic mass is 10.1. The SMILES string of the molecule is Cn1nc(-c2ccc(OCCCOC[C@H]3CCCN3)cc2F)c2ccc(Br)cc21. The van der Waals surface area contributed by atoms with Crippen molar-refractivity contribution in [1.29, 1.82) is 0 Å². The number of hydrogen-bond acceptors (Lipinski definition) is 4. The van der Waals surface area contributed by atoms with Crippen LogP contribution in [0, 0.1) is 5.82 Å². The first-order valence-corrected chi connectivity index (χ1v) is 10.8.